The minimum absolute atomic E-state index is 0.00522. The number of aromatic amines is 1. The number of H-pyrrole nitrogens is 1. The van der Waals surface area contributed by atoms with Gasteiger partial charge in [0.1, 0.15) is 17.3 Å². The second-order valence-electron chi connectivity index (χ2n) is 7.85. The second-order valence-corrected chi connectivity index (χ2v) is 7.85. The zero-order chi connectivity index (χ0) is 25.4. The summed E-state index contributed by atoms with van der Waals surface area (Å²) in [5.41, 5.74) is 0.135. The van der Waals surface area contributed by atoms with E-state index >= 15 is 0 Å². The molecule has 1 aromatic carbocycles. The number of carbonyl (C=O) groups excluding carboxylic acids is 1. The number of imidazole rings is 1. The van der Waals surface area contributed by atoms with E-state index in [0.717, 1.165) is 32.3 Å². The van der Waals surface area contributed by atoms with Crippen LogP contribution in [0.3, 0.4) is 0 Å². The molecule has 0 unspecified atom stereocenters. The number of aromatic nitrogens is 4. The molecule has 12 heteroatoms. The molecule has 36 heavy (non-hydrogen) atoms. The van der Waals surface area contributed by atoms with E-state index in [4.69, 9.17) is 9.47 Å². The number of benzene rings is 1. The molecule has 2 N–H and O–H groups in total. The Morgan fingerprint density at radius 1 is 1.19 bits per heavy atom. The molecular weight excluding hydrogens is 477 g/mol. The summed E-state index contributed by atoms with van der Waals surface area (Å²) in [4.78, 5) is 20.8. The fourth-order valence-corrected chi connectivity index (χ4v) is 3.45. The van der Waals surface area contributed by atoms with Crippen LogP contribution in [0.2, 0.25) is 0 Å². The first-order valence-electron chi connectivity index (χ1n) is 11.2. The highest BCUT2D eigenvalue weighted by molar-refractivity contribution is 6.05. The van der Waals surface area contributed by atoms with E-state index < -0.39 is 17.8 Å². The Kier molecular flexibility index (Phi) is 8.14. The van der Waals surface area contributed by atoms with Crippen LogP contribution >= 0.6 is 0 Å². The van der Waals surface area contributed by atoms with Crippen molar-refractivity contribution in [1.29, 1.82) is 0 Å². The molecule has 1 aliphatic rings. The van der Waals surface area contributed by atoms with Gasteiger partial charge < -0.3 is 19.8 Å². The van der Waals surface area contributed by atoms with E-state index in [-0.39, 0.29) is 11.5 Å². The predicted octanol–water partition coefficient (Wildman–Crippen LogP) is 2.98. The standard InChI is InChI=1S/C24H23F3N6O3/c25-24(26,27)21-16-28-23(32-21)18-3-4-20(36-11-1-8-33-9-12-35-13-10-33)19(14-18)31-22(34)5-2-17-6-7-29-30-15-17/h3-4,6-7,14-16H,1,8-13H2,(H,28,32)(H,31,34). The molecule has 0 spiro atoms. The molecule has 3 heterocycles. The lowest BCUT2D eigenvalue weighted by molar-refractivity contribution is -0.140. The second kappa shape index (κ2) is 11.7. The molecule has 0 bridgehead atoms. The maximum Gasteiger partial charge on any atom is 0.432 e. The maximum atomic E-state index is 13.0. The van der Waals surface area contributed by atoms with Crippen molar-refractivity contribution in [1.82, 2.24) is 25.1 Å². The highest BCUT2D eigenvalue weighted by Gasteiger charge is 2.33. The van der Waals surface area contributed by atoms with Gasteiger partial charge >= 0.3 is 12.1 Å². The molecule has 0 saturated carbocycles. The number of halogens is 3. The first-order valence-corrected chi connectivity index (χ1v) is 11.2. The number of anilines is 1. The highest BCUT2D eigenvalue weighted by atomic mass is 19.4. The molecule has 1 saturated heterocycles. The van der Waals surface area contributed by atoms with Gasteiger partial charge in [-0.1, -0.05) is 5.92 Å². The van der Waals surface area contributed by atoms with Crippen LogP contribution in [0.4, 0.5) is 18.9 Å². The number of hydrogen-bond acceptors (Lipinski definition) is 7. The number of amides is 1. The molecule has 1 fully saturated rings. The number of rotatable bonds is 7. The number of nitrogens with one attached hydrogen (secondary N) is 2. The van der Waals surface area contributed by atoms with Crippen LogP contribution in [-0.2, 0) is 15.7 Å². The van der Waals surface area contributed by atoms with Gasteiger partial charge in [0.15, 0.2) is 0 Å². The monoisotopic (exact) mass is 500 g/mol. The zero-order valence-electron chi connectivity index (χ0n) is 19.1. The van der Waals surface area contributed by atoms with Crippen LogP contribution < -0.4 is 10.1 Å². The maximum absolute atomic E-state index is 13.0. The van der Waals surface area contributed by atoms with E-state index in [1.54, 1.807) is 18.2 Å². The topological polar surface area (TPSA) is 105 Å². The predicted molar refractivity (Wildman–Crippen MR) is 124 cm³/mol. The smallest absolute Gasteiger partial charge is 0.432 e. The van der Waals surface area contributed by atoms with Crippen molar-refractivity contribution >= 4 is 11.6 Å². The third-order valence-corrected chi connectivity index (χ3v) is 5.27. The fourth-order valence-electron chi connectivity index (χ4n) is 3.45. The first-order chi connectivity index (χ1) is 17.4. The molecule has 4 rings (SSSR count). The van der Waals surface area contributed by atoms with Crippen molar-refractivity contribution in [2.45, 2.75) is 12.6 Å². The summed E-state index contributed by atoms with van der Waals surface area (Å²) in [7, 11) is 0. The van der Waals surface area contributed by atoms with Gasteiger partial charge in [-0.05, 0) is 30.7 Å². The summed E-state index contributed by atoms with van der Waals surface area (Å²) in [5.74, 6) is 4.87. The van der Waals surface area contributed by atoms with Gasteiger partial charge in [-0.15, -0.1) is 0 Å². The first kappa shape index (κ1) is 25.2. The lowest BCUT2D eigenvalue weighted by atomic mass is 10.1. The third kappa shape index (κ3) is 7.03. The zero-order valence-corrected chi connectivity index (χ0v) is 19.1. The van der Waals surface area contributed by atoms with Crippen LogP contribution in [0.1, 0.15) is 17.7 Å². The van der Waals surface area contributed by atoms with Gasteiger partial charge in [-0.2, -0.15) is 23.4 Å². The number of carbonyl (C=O) groups is 1. The van der Waals surface area contributed by atoms with Gasteiger partial charge in [0, 0.05) is 36.7 Å². The Balaban J connectivity index is 1.49. The van der Waals surface area contributed by atoms with E-state index in [9.17, 15) is 18.0 Å². The third-order valence-electron chi connectivity index (χ3n) is 5.27. The molecule has 0 aliphatic carbocycles. The van der Waals surface area contributed by atoms with Gasteiger partial charge in [0.2, 0.25) is 0 Å². The SMILES string of the molecule is O=C(C#Cc1ccnnc1)Nc1cc(-c2ncc(C(F)(F)F)[nH]2)ccc1OCCCN1CCOCC1. The minimum Gasteiger partial charge on any atom is -0.491 e. The van der Waals surface area contributed by atoms with E-state index in [0.29, 0.717) is 36.7 Å². The van der Waals surface area contributed by atoms with Crippen molar-refractivity contribution < 1.29 is 27.4 Å². The van der Waals surface area contributed by atoms with Crippen molar-refractivity contribution in [2.24, 2.45) is 0 Å². The molecule has 1 aliphatic heterocycles. The minimum atomic E-state index is -4.55. The average molecular weight is 500 g/mol. The Hall–Kier alpha value is -3.95. The van der Waals surface area contributed by atoms with E-state index in [1.807, 2.05) is 0 Å². The fraction of sp³-hybridized carbons (Fsp3) is 0.333. The normalized spacial score (nSPS) is 14.1. The molecule has 0 atom stereocenters. The van der Waals surface area contributed by atoms with Crippen LogP contribution in [-0.4, -0.2) is 70.4 Å². The summed E-state index contributed by atoms with van der Waals surface area (Å²) >= 11 is 0. The van der Waals surface area contributed by atoms with Gasteiger partial charge in [-0.3, -0.25) is 9.69 Å². The van der Waals surface area contributed by atoms with E-state index in [2.05, 4.69) is 42.2 Å². The molecule has 2 aromatic heterocycles. The quantitative estimate of drug-likeness (QED) is 0.380. The Morgan fingerprint density at radius 2 is 2.03 bits per heavy atom. The van der Waals surface area contributed by atoms with E-state index in [1.165, 1.54) is 18.5 Å². The van der Waals surface area contributed by atoms with Crippen molar-refractivity contribution in [2.75, 3.05) is 44.8 Å². The summed E-state index contributed by atoms with van der Waals surface area (Å²) < 4.78 is 50.2. The number of hydrogen-bond donors (Lipinski definition) is 2. The van der Waals surface area contributed by atoms with Gasteiger partial charge in [-0.25, -0.2) is 4.98 Å². The van der Waals surface area contributed by atoms with Gasteiger partial charge in [0.25, 0.3) is 0 Å². The van der Waals surface area contributed by atoms with Crippen molar-refractivity contribution in [3.8, 4) is 29.0 Å². The van der Waals surface area contributed by atoms with Crippen LogP contribution in [0, 0.1) is 11.8 Å². The lowest BCUT2D eigenvalue weighted by Crippen LogP contribution is -2.37. The van der Waals surface area contributed by atoms with Crippen LogP contribution in [0.5, 0.6) is 5.75 Å². The van der Waals surface area contributed by atoms with Gasteiger partial charge in [0.05, 0.1) is 44.1 Å². The lowest BCUT2D eigenvalue weighted by Gasteiger charge is -2.26. The molecular formula is C24H23F3N6O3. The Labute approximate surface area is 205 Å². The summed E-state index contributed by atoms with van der Waals surface area (Å²) in [6, 6.07) is 6.24. The highest BCUT2D eigenvalue weighted by Crippen LogP contribution is 2.33. The summed E-state index contributed by atoms with van der Waals surface area (Å²) in [6.45, 7) is 4.36. The van der Waals surface area contributed by atoms with Crippen molar-refractivity contribution in [3.05, 3.63) is 54.1 Å². The number of ether oxygens (including phenoxy) is 2. The Morgan fingerprint density at radius 3 is 2.75 bits per heavy atom. The number of nitrogens with zero attached hydrogens (tertiary/aromatic N) is 4. The summed E-state index contributed by atoms with van der Waals surface area (Å²) in [5, 5.41) is 10.00. The number of alkyl halides is 3. The summed E-state index contributed by atoms with van der Waals surface area (Å²) in [6.07, 6.45) is -0.218. The largest absolute Gasteiger partial charge is 0.491 e. The van der Waals surface area contributed by atoms with Crippen LogP contribution in [0.25, 0.3) is 11.4 Å². The molecule has 1 amide bonds. The number of morpholine rings is 1. The molecule has 3 aromatic rings. The molecule has 188 valence electrons. The average Bonchev–Trinajstić information content (AvgIpc) is 3.39. The Bertz CT molecular complexity index is 1230. The van der Waals surface area contributed by atoms with Crippen molar-refractivity contribution in [3.63, 3.8) is 0 Å². The molecule has 9 nitrogen and oxygen atoms in total. The van der Waals surface area contributed by atoms with Crippen LogP contribution in [0.15, 0.2) is 42.9 Å². The molecule has 0 radical (unpaired) electrons.